The molecule has 1 aliphatic heterocycles. The fourth-order valence-corrected chi connectivity index (χ4v) is 1.09. The Labute approximate surface area is 63.6 Å². The lowest BCUT2D eigenvalue weighted by atomic mass is 10.2. The quantitative estimate of drug-likeness (QED) is 0.569. The van der Waals surface area contributed by atoms with Crippen LogP contribution in [0.5, 0.6) is 0 Å². The van der Waals surface area contributed by atoms with E-state index in [1.54, 1.807) is 12.5 Å². The minimum atomic E-state index is 0.629. The summed E-state index contributed by atoms with van der Waals surface area (Å²) in [5.74, 6) is 0. The summed E-state index contributed by atoms with van der Waals surface area (Å²) < 4.78 is 0. The van der Waals surface area contributed by atoms with Gasteiger partial charge in [0.1, 0.15) is 6.07 Å². The number of aromatic nitrogens is 1. The van der Waals surface area contributed by atoms with Crippen LogP contribution in [0.4, 0.5) is 5.69 Å². The Morgan fingerprint density at radius 3 is 3.36 bits per heavy atom. The second kappa shape index (κ2) is 2.13. The zero-order valence-corrected chi connectivity index (χ0v) is 5.76. The van der Waals surface area contributed by atoms with Crippen LogP contribution in [-0.4, -0.2) is 11.3 Å². The fourth-order valence-electron chi connectivity index (χ4n) is 1.09. The molecule has 0 aromatic carbocycles. The Bertz CT molecular complexity index is 342. The number of aromatic amines is 1. The molecule has 0 aliphatic carbocycles. The summed E-state index contributed by atoms with van der Waals surface area (Å²) in [5.41, 5.74) is 2.48. The monoisotopic (exact) mass is 146 g/mol. The highest BCUT2D eigenvalue weighted by Gasteiger charge is 2.11. The van der Waals surface area contributed by atoms with E-state index in [4.69, 9.17) is 5.26 Å². The van der Waals surface area contributed by atoms with Crippen LogP contribution in [0.15, 0.2) is 11.2 Å². The van der Waals surface area contributed by atoms with Gasteiger partial charge >= 0.3 is 0 Å². The van der Waals surface area contributed by atoms with Crippen LogP contribution >= 0.6 is 0 Å². The molecule has 0 saturated carbocycles. The highest BCUT2D eigenvalue weighted by molar-refractivity contribution is 5.82. The molecular formula is C7H6N4. The zero-order valence-electron chi connectivity index (χ0n) is 5.76. The second-order valence-corrected chi connectivity index (χ2v) is 2.28. The Hall–Kier alpha value is -1.76. The van der Waals surface area contributed by atoms with Gasteiger partial charge in [-0.15, -0.1) is 0 Å². The number of hydrogen-bond acceptors (Lipinski definition) is 3. The van der Waals surface area contributed by atoms with E-state index in [2.05, 4.69) is 21.4 Å². The molecule has 0 radical (unpaired) electrons. The minimum absolute atomic E-state index is 0.629. The predicted molar refractivity (Wildman–Crippen MR) is 41.3 cm³/mol. The lowest BCUT2D eigenvalue weighted by molar-refractivity contribution is 1.01. The molecule has 2 rings (SSSR count). The van der Waals surface area contributed by atoms with Gasteiger partial charge in [0.2, 0.25) is 0 Å². The first kappa shape index (κ1) is 5.98. The average Bonchev–Trinajstić information content (AvgIpc) is 2.47. The summed E-state index contributed by atoms with van der Waals surface area (Å²) in [5, 5.41) is 11.5. The van der Waals surface area contributed by atoms with Crippen molar-refractivity contribution >= 4 is 12.0 Å². The molecule has 1 aliphatic rings. The van der Waals surface area contributed by atoms with Crippen molar-refractivity contribution in [2.45, 2.75) is 6.54 Å². The first-order valence-electron chi connectivity index (χ1n) is 3.27. The van der Waals surface area contributed by atoms with Crippen LogP contribution in [0.1, 0.15) is 11.3 Å². The Morgan fingerprint density at radius 1 is 1.64 bits per heavy atom. The van der Waals surface area contributed by atoms with Crippen LogP contribution in [0.3, 0.4) is 0 Å². The zero-order chi connectivity index (χ0) is 7.68. The molecule has 11 heavy (non-hydrogen) atoms. The third-order valence-corrected chi connectivity index (χ3v) is 1.63. The van der Waals surface area contributed by atoms with Crippen molar-refractivity contribution in [3.8, 4) is 6.07 Å². The van der Waals surface area contributed by atoms with Crippen molar-refractivity contribution < 1.29 is 0 Å². The summed E-state index contributed by atoms with van der Waals surface area (Å²) in [7, 11) is 0. The maximum absolute atomic E-state index is 8.63. The molecule has 0 amide bonds. The molecule has 4 heteroatoms. The van der Waals surface area contributed by atoms with E-state index in [1.807, 2.05) is 0 Å². The second-order valence-electron chi connectivity index (χ2n) is 2.28. The number of rotatable bonds is 0. The van der Waals surface area contributed by atoms with E-state index in [-0.39, 0.29) is 0 Å². The number of nitrogens with zero attached hydrogens (tertiary/aromatic N) is 2. The molecule has 0 saturated heterocycles. The van der Waals surface area contributed by atoms with Gasteiger partial charge in [0.05, 0.1) is 29.8 Å². The van der Waals surface area contributed by atoms with Gasteiger partial charge in [0.15, 0.2) is 0 Å². The summed E-state index contributed by atoms with van der Waals surface area (Å²) in [4.78, 5) is 6.97. The lowest BCUT2D eigenvalue weighted by Crippen LogP contribution is -2.04. The van der Waals surface area contributed by atoms with Crippen molar-refractivity contribution in [1.29, 1.82) is 5.26 Å². The first-order valence-corrected chi connectivity index (χ1v) is 3.27. The normalized spacial score (nSPS) is 13.4. The molecule has 0 bridgehead atoms. The molecule has 0 fully saturated rings. The Morgan fingerprint density at radius 2 is 2.55 bits per heavy atom. The highest BCUT2D eigenvalue weighted by atomic mass is 15.0. The van der Waals surface area contributed by atoms with Crippen molar-refractivity contribution in [2.75, 3.05) is 5.32 Å². The van der Waals surface area contributed by atoms with E-state index < -0.39 is 0 Å². The lowest BCUT2D eigenvalue weighted by Gasteiger charge is -2.05. The Balaban J connectivity index is 2.52. The third kappa shape index (κ3) is 0.783. The number of aliphatic imine (C=N–C) groups is 1. The van der Waals surface area contributed by atoms with Crippen molar-refractivity contribution in [2.24, 2.45) is 4.99 Å². The van der Waals surface area contributed by atoms with Gasteiger partial charge in [0.25, 0.3) is 0 Å². The smallest absolute Gasteiger partial charge is 0.103 e. The molecule has 0 spiro atoms. The SMILES string of the molecule is N#Cc1c[nH]c2c1NC=NC2. The van der Waals surface area contributed by atoms with Gasteiger partial charge in [0, 0.05) is 6.20 Å². The summed E-state index contributed by atoms with van der Waals surface area (Å²) >= 11 is 0. The number of nitriles is 1. The van der Waals surface area contributed by atoms with Gasteiger partial charge in [-0.1, -0.05) is 0 Å². The molecule has 1 aromatic heterocycles. The summed E-state index contributed by atoms with van der Waals surface area (Å²) in [6.07, 6.45) is 3.30. The van der Waals surface area contributed by atoms with E-state index in [1.165, 1.54) is 0 Å². The number of nitrogens with one attached hydrogen (secondary N) is 2. The maximum atomic E-state index is 8.63. The molecule has 0 unspecified atom stereocenters. The van der Waals surface area contributed by atoms with Crippen molar-refractivity contribution in [3.05, 3.63) is 17.5 Å². The number of anilines is 1. The number of hydrogen-bond donors (Lipinski definition) is 2. The molecule has 1 aromatic rings. The van der Waals surface area contributed by atoms with Gasteiger partial charge < -0.3 is 10.3 Å². The molecule has 2 heterocycles. The summed E-state index contributed by atoms with van der Waals surface area (Å²) in [6, 6.07) is 2.08. The van der Waals surface area contributed by atoms with E-state index >= 15 is 0 Å². The van der Waals surface area contributed by atoms with Crippen LogP contribution in [0.2, 0.25) is 0 Å². The summed E-state index contributed by atoms with van der Waals surface area (Å²) in [6.45, 7) is 0.629. The fraction of sp³-hybridized carbons (Fsp3) is 0.143. The average molecular weight is 146 g/mol. The van der Waals surface area contributed by atoms with Crippen LogP contribution < -0.4 is 5.32 Å². The van der Waals surface area contributed by atoms with Crippen molar-refractivity contribution in [1.82, 2.24) is 4.98 Å². The molecule has 4 nitrogen and oxygen atoms in total. The maximum Gasteiger partial charge on any atom is 0.103 e. The highest BCUT2D eigenvalue weighted by Crippen LogP contribution is 2.21. The van der Waals surface area contributed by atoms with E-state index in [0.29, 0.717) is 12.1 Å². The standard InChI is InChI=1S/C7H6N4/c8-1-5-2-10-6-3-9-4-11-7(5)6/h2,4,10H,3H2,(H,9,11). The third-order valence-electron chi connectivity index (χ3n) is 1.63. The molecule has 2 N–H and O–H groups in total. The van der Waals surface area contributed by atoms with E-state index in [9.17, 15) is 0 Å². The van der Waals surface area contributed by atoms with Crippen LogP contribution in [0.25, 0.3) is 0 Å². The van der Waals surface area contributed by atoms with Gasteiger partial charge in [-0.05, 0) is 0 Å². The van der Waals surface area contributed by atoms with Gasteiger partial charge in [-0.25, -0.2) is 0 Å². The predicted octanol–water partition coefficient (Wildman–Crippen LogP) is 0.840. The largest absolute Gasteiger partial charge is 0.360 e. The van der Waals surface area contributed by atoms with E-state index in [0.717, 1.165) is 11.4 Å². The Kier molecular flexibility index (Phi) is 1.16. The van der Waals surface area contributed by atoms with Crippen LogP contribution in [0, 0.1) is 11.3 Å². The van der Waals surface area contributed by atoms with Crippen molar-refractivity contribution in [3.63, 3.8) is 0 Å². The number of H-pyrrole nitrogens is 1. The first-order chi connectivity index (χ1) is 5.42. The number of fused-ring (bicyclic) bond motifs is 1. The molecule has 0 atom stereocenters. The van der Waals surface area contributed by atoms with Gasteiger partial charge in [-0.3, -0.25) is 4.99 Å². The van der Waals surface area contributed by atoms with Crippen LogP contribution in [-0.2, 0) is 6.54 Å². The topological polar surface area (TPSA) is 64.0 Å². The van der Waals surface area contributed by atoms with Gasteiger partial charge in [-0.2, -0.15) is 5.26 Å². The molecular weight excluding hydrogens is 140 g/mol. The minimum Gasteiger partial charge on any atom is -0.360 e. The molecule has 54 valence electrons.